The molecule has 12 nitrogen and oxygen atoms in total. The van der Waals surface area contributed by atoms with Crippen molar-refractivity contribution in [3.8, 4) is 0 Å². The molecular formula is C41H90N4O8Si4. The van der Waals surface area contributed by atoms with E-state index in [-0.39, 0.29) is 23.9 Å². The number of hydrogen-bond acceptors (Lipinski definition) is 12. The van der Waals surface area contributed by atoms with Crippen LogP contribution in [0.4, 0.5) is 0 Å². The van der Waals surface area contributed by atoms with E-state index in [1.54, 1.807) is 0 Å². The normalized spacial score (nSPS) is 12.5. The van der Waals surface area contributed by atoms with Crippen LogP contribution < -0.4 is 0 Å². The predicted molar refractivity (Wildman–Crippen MR) is 248 cm³/mol. The molecule has 0 amide bonds. The van der Waals surface area contributed by atoms with Gasteiger partial charge in [0.1, 0.15) is 32.9 Å². The van der Waals surface area contributed by atoms with Crippen LogP contribution in [0.15, 0.2) is 0 Å². The van der Waals surface area contributed by atoms with Crippen molar-refractivity contribution in [3.05, 3.63) is 0 Å². The van der Waals surface area contributed by atoms with E-state index >= 15 is 0 Å². The maximum atomic E-state index is 11.7. The van der Waals surface area contributed by atoms with Crippen LogP contribution in [0.2, 0.25) is 78.6 Å². The molecule has 338 valence electrons. The van der Waals surface area contributed by atoms with Gasteiger partial charge >= 0.3 is 23.9 Å². The highest BCUT2D eigenvalue weighted by Gasteiger charge is 2.28. The molecule has 0 saturated heterocycles. The third-order valence-corrected chi connectivity index (χ3v) is 19.2. The number of carbonyl (C=O) groups excluding carboxylic acids is 4. The van der Waals surface area contributed by atoms with Crippen molar-refractivity contribution >= 4 is 56.8 Å². The molecule has 0 aliphatic rings. The van der Waals surface area contributed by atoms with Crippen LogP contribution >= 0.6 is 0 Å². The summed E-state index contributed by atoms with van der Waals surface area (Å²) in [5, 5.41) is 0. The first-order chi connectivity index (χ1) is 26.3. The molecule has 0 atom stereocenters. The molecule has 0 unspecified atom stereocenters. The van der Waals surface area contributed by atoms with Gasteiger partial charge in [-0.2, -0.15) is 0 Å². The molecule has 0 spiro atoms. The largest absolute Gasteiger partial charge is 0.466 e. The summed E-state index contributed by atoms with van der Waals surface area (Å²) in [5.74, 6) is -0.400. The molecule has 0 N–H and O–H groups in total. The summed E-state index contributed by atoms with van der Waals surface area (Å²) in [6.45, 7) is 44.4. The Morgan fingerprint density at radius 3 is 0.684 bits per heavy atom. The number of nitrogens with zero attached hydrogens (tertiary/aromatic N) is 4. The minimum Gasteiger partial charge on any atom is -0.466 e. The molecule has 0 aromatic heterocycles. The molecule has 16 heteroatoms. The average molecular weight is 880 g/mol. The lowest BCUT2D eigenvalue weighted by atomic mass is 10.2. The highest BCUT2D eigenvalue weighted by Crippen LogP contribution is 2.17. The van der Waals surface area contributed by atoms with Crippen molar-refractivity contribution < 1.29 is 38.1 Å². The van der Waals surface area contributed by atoms with Gasteiger partial charge in [0.2, 0.25) is 0 Å². The van der Waals surface area contributed by atoms with Crippen molar-refractivity contribution in [3.63, 3.8) is 0 Å². The number of esters is 4. The molecule has 0 radical (unpaired) electrons. The fourth-order valence-electron chi connectivity index (χ4n) is 6.38. The van der Waals surface area contributed by atoms with E-state index in [9.17, 15) is 19.2 Å². The summed E-state index contributed by atoms with van der Waals surface area (Å²) in [6, 6.07) is 0. The second kappa shape index (κ2) is 30.6. The van der Waals surface area contributed by atoms with E-state index in [1.807, 2.05) is 27.7 Å². The van der Waals surface area contributed by atoms with Crippen molar-refractivity contribution in [2.24, 2.45) is 0 Å². The first-order valence-corrected chi connectivity index (χ1v) is 35.7. The zero-order valence-electron chi connectivity index (χ0n) is 39.9. The van der Waals surface area contributed by atoms with Crippen LogP contribution in [0.1, 0.15) is 85.5 Å². The highest BCUT2D eigenvalue weighted by atomic mass is 28.3. The van der Waals surface area contributed by atoms with Gasteiger partial charge in [-0.3, -0.25) is 19.2 Å². The van der Waals surface area contributed by atoms with Gasteiger partial charge in [0.05, 0.1) is 52.1 Å². The van der Waals surface area contributed by atoms with Crippen LogP contribution in [0.5, 0.6) is 0 Å². The molecule has 0 bridgehead atoms. The Kier molecular flexibility index (Phi) is 31.0. The Balaban J connectivity index is 0. The van der Waals surface area contributed by atoms with Crippen LogP contribution in [0, 0.1) is 0 Å². The summed E-state index contributed by atoms with van der Waals surface area (Å²) in [6.07, 6.45) is 7.69. The second-order valence-corrected chi connectivity index (χ2v) is 38.5. The Hall–Kier alpha value is -1.41. The lowest BCUT2D eigenvalue weighted by Gasteiger charge is -2.37. The zero-order valence-corrected chi connectivity index (χ0v) is 43.9. The van der Waals surface area contributed by atoms with E-state index in [1.165, 1.54) is 25.7 Å². The first kappa shape index (κ1) is 57.7. The minimum atomic E-state index is -1.50. The molecule has 0 aliphatic carbocycles. The maximum Gasteiger partial charge on any atom is 0.307 e. The van der Waals surface area contributed by atoms with Gasteiger partial charge in [-0.1, -0.05) is 91.4 Å². The number of unbranched alkanes of at least 4 members (excludes halogenated alkanes) is 3. The number of carbonyl (C=O) groups is 4. The van der Waals surface area contributed by atoms with E-state index in [0.717, 1.165) is 58.8 Å². The lowest BCUT2D eigenvalue weighted by molar-refractivity contribution is -0.144. The van der Waals surface area contributed by atoms with Gasteiger partial charge in [-0.25, -0.2) is 0 Å². The van der Waals surface area contributed by atoms with E-state index in [4.69, 9.17) is 18.9 Å². The van der Waals surface area contributed by atoms with Gasteiger partial charge in [0, 0.05) is 26.2 Å². The average Bonchev–Trinajstić information content (AvgIpc) is 3.06. The number of hydrogen-bond donors (Lipinski definition) is 0. The predicted octanol–water partition coefficient (Wildman–Crippen LogP) is 8.28. The number of rotatable bonds is 31. The van der Waals surface area contributed by atoms with Crippen LogP contribution in [0.3, 0.4) is 0 Å². The summed E-state index contributed by atoms with van der Waals surface area (Å²) in [4.78, 5) is 46.8. The monoisotopic (exact) mass is 879 g/mol. The molecule has 0 aromatic rings. The maximum absolute atomic E-state index is 11.7. The summed E-state index contributed by atoms with van der Waals surface area (Å²) >= 11 is 0. The number of ether oxygens (including phenoxy) is 4. The summed E-state index contributed by atoms with van der Waals surface area (Å²) < 4.78 is 30.3. The SMILES string of the molecule is CCOC(=O)CCN(CCCCCCN(CCC(=O)OCC)[Si](C)(C)C)[Si](C)(C)C.CCOC(=O)CCN(CCCN(CCC(=O)OCC)[Si](C)(C)C)[Si](C)(C)C. The highest BCUT2D eigenvalue weighted by molar-refractivity contribution is 6.74. The van der Waals surface area contributed by atoms with Crippen LogP contribution in [-0.2, 0) is 38.1 Å². The van der Waals surface area contributed by atoms with E-state index in [0.29, 0.717) is 52.1 Å². The van der Waals surface area contributed by atoms with Crippen molar-refractivity contribution in [2.75, 3.05) is 78.8 Å². The van der Waals surface area contributed by atoms with Crippen molar-refractivity contribution in [2.45, 2.75) is 164 Å². The van der Waals surface area contributed by atoms with Gasteiger partial charge in [0.25, 0.3) is 0 Å². The van der Waals surface area contributed by atoms with Crippen molar-refractivity contribution in [1.82, 2.24) is 18.3 Å². The molecule has 0 aliphatic heterocycles. The Bertz CT molecular complexity index is 1020. The fourth-order valence-corrected chi connectivity index (χ4v) is 12.8. The topological polar surface area (TPSA) is 118 Å². The van der Waals surface area contributed by atoms with Gasteiger partial charge in [-0.15, -0.1) is 0 Å². The van der Waals surface area contributed by atoms with Gasteiger partial charge < -0.3 is 37.2 Å². The lowest BCUT2D eigenvalue weighted by Crippen LogP contribution is -2.50. The third kappa shape index (κ3) is 31.2. The van der Waals surface area contributed by atoms with Crippen LogP contribution in [-0.4, -0.2) is 154 Å². The van der Waals surface area contributed by atoms with Gasteiger partial charge in [-0.05, 0) is 73.1 Å². The Morgan fingerprint density at radius 2 is 0.509 bits per heavy atom. The summed E-state index contributed by atoms with van der Waals surface area (Å²) in [5.41, 5.74) is 0. The zero-order chi connectivity index (χ0) is 44.3. The van der Waals surface area contributed by atoms with Crippen molar-refractivity contribution in [1.29, 1.82) is 0 Å². The first-order valence-electron chi connectivity index (χ1n) is 22.0. The molecule has 0 aromatic carbocycles. The fraction of sp³-hybridized carbons (Fsp3) is 0.902. The Labute approximate surface area is 354 Å². The molecule has 0 saturated carbocycles. The molecule has 57 heavy (non-hydrogen) atoms. The quantitative estimate of drug-likeness (QED) is 0.0289. The Morgan fingerprint density at radius 1 is 0.316 bits per heavy atom. The van der Waals surface area contributed by atoms with Crippen LogP contribution in [0.25, 0.3) is 0 Å². The van der Waals surface area contributed by atoms with E-state index < -0.39 is 32.9 Å². The molecule has 0 fully saturated rings. The van der Waals surface area contributed by atoms with Gasteiger partial charge in [0.15, 0.2) is 0 Å². The molecule has 0 rings (SSSR count). The smallest absolute Gasteiger partial charge is 0.307 e. The van der Waals surface area contributed by atoms with E-state index in [2.05, 4.69) is 96.8 Å². The summed E-state index contributed by atoms with van der Waals surface area (Å²) in [7, 11) is -5.87. The third-order valence-electron chi connectivity index (χ3n) is 9.82. The minimum absolute atomic E-state index is 0.0880. The second-order valence-electron chi connectivity index (χ2n) is 18.6. The molecular weight excluding hydrogens is 789 g/mol. The molecule has 0 heterocycles. The standard InChI is InChI=1S/C22H48N2O4Si2.C19H42N2O4Si2/c1-9-27-21(25)15-19-23(29(3,4)5)17-13-11-12-14-18-24(30(6,7)8)20-16-22(26)28-10-2;1-9-24-18(22)12-16-20(26(3,4)5)14-11-15-21(27(6,7)8)17-13-19(23)25-10-2/h9-20H2,1-8H3;9-17H2,1-8H3.